The molecule has 2 aliphatic rings. The molecule has 1 aliphatic carbocycles. The maximum absolute atomic E-state index is 3.97. The molecule has 2 N–H and O–H groups in total. The number of nitrogens with zero attached hydrogens (tertiary/aromatic N) is 1. The van der Waals surface area contributed by atoms with Crippen LogP contribution < -0.4 is 5.32 Å². The van der Waals surface area contributed by atoms with Gasteiger partial charge in [-0.2, -0.15) is 5.10 Å². The highest BCUT2D eigenvalue weighted by Gasteiger charge is 2.25. The Labute approximate surface area is 108 Å². The summed E-state index contributed by atoms with van der Waals surface area (Å²) in [6, 6.07) is 2.45. The first-order valence-corrected chi connectivity index (χ1v) is 6.57. The smallest absolute Gasteiger partial charge is 0.132 e. The highest BCUT2D eigenvalue weighted by molar-refractivity contribution is 5.74. The summed E-state index contributed by atoms with van der Waals surface area (Å²) in [5, 5.41) is 10.5. The summed E-state index contributed by atoms with van der Waals surface area (Å²) >= 11 is 0. The second-order valence-electron chi connectivity index (χ2n) is 5.15. The van der Waals surface area contributed by atoms with E-state index in [4.69, 9.17) is 0 Å². The largest absolute Gasteiger partial charge is 0.307 e. The lowest BCUT2D eigenvalue weighted by Gasteiger charge is -2.26. The fourth-order valence-electron chi connectivity index (χ4n) is 2.50. The normalized spacial score (nSPS) is 27.4. The van der Waals surface area contributed by atoms with E-state index in [1.807, 2.05) is 12.1 Å². The summed E-state index contributed by atoms with van der Waals surface area (Å²) in [6.07, 6.45) is 14.0. The van der Waals surface area contributed by atoms with Crippen molar-refractivity contribution in [2.24, 2.45) is 5.92 Å². The van der Waals surface area contributed by atoms with Crippen LogP contribution in [0.15, 0.2) is 36.1 Å². The molecule has 0 unspecified atom stereocenters. The maximum atomic E-state index is 3.97. The van der Waals surface area contributed by atoms with Gasteiger partial charge in [-0.15, -0.1) is 0 Å². The molecule has 0 saturated carbocycles. The molecule has 2 heterocycles. The molecular weight excluding hydrogens is 222 g/mol. The van der Waals surface area contributed by atoms with Crippen LogP contribution >= 0.6 is 0 Å². The molecule has 18 heavy (non-hydrogen) atoms. The van der Waals surface area contributed by atoms with E-state index in [0.29, 0.717) is 6.04 Å². The van der Waals surface area contributed by atoms with Crippen molar-refractivity contribution in [1.82, 2.24) is 15.5 Å². The van der Waals surface area contributed by atoms with Crippen molar-refractivity contribution < 1.29 is 0 Å². The van der Waals surface area contributed by atoms with Crippen molar-refractivity contribution in [2.75, 3.05) is 6.54 Å². The standard InChI is InChI=1S/C15H18N3/c1-11-2-7-14(16-10-11)12-3-5-13(6-4-12)15-8-9-17-18-15/h3,5-6,8-9,11,14,16H,2,7,10H2,1H3,(H,17,18)/q+1/t11-,14+/m1/s1. The number of rotatable bonds is 2. The summed E-state index contributed by atoms with van der Waals surface area (Å²) < 4.78 is 0. The molecule has 3 rings (SSSR count). The Morgan fingerprint density at radius 1 is 1.33 bits per heavy atom. The molecule has 2 atom stereocenters. The third kappa shape index (κ3) is 2.28. The molecule has 3 heteroatoms. The molecule has 1 fully saturated rings. The van der Waals surface area contributed by atoms with Gasteiger partial charge >= 0.3 is 0 Å². The molecule has 0 amide bonds. The minimum Gasteiger partial charge on any atom is -0.307 e. The second kappa shape index (κ2) is 4.89. The van der Waals surface area contributed by atoms with Gasteiger partial charge in [0.2, 0.25) is 0 Å². The Bertz CT molecular complexity index is 486. The molecule has 1 aliphatic heterocycles. The zero-order valence-electron chi connectivity index (χ0n) is 10.6. The number of allylic oxidation sites excluding steroid dienone is 4. The highest BCUT2D eigenvalue weighted by atomic mass is 15.1. The van der Waals surface area contributed by atoms with Crippen LogP contribution in [0.3, 0.4) is 0 Å². The highest BCUT2D eigenvalue weighted by Crippen LogP contribution is 2.24. The first-order chi connectivity index (χ1) is 8.83. The Morgan fingerprint density at radius 3 is 2.89 bits per heavy atom. The molecular formula is C15H18N3+. The van der Waals surface area contributed by atoms with Gasteiger partial charge in [-0.1, -0.05) is 6.92 Å². The molecule has 0 bridgehead atoms. The number of hydrogen-bond acceptors (Lipinski definition) is 2. The zero-order chi connectivity index (χ0) is 12.4. The van der Waals surface area contributed by atoms with Gasteiger partial charge in [0.15, 0.2) is 0 Å². The Morgan fingerprint density at radius 2 is 2.28 bits per heavy atom. The molecule has 92 valence electrons. The first-order valence-electron chi connectivity index (χ1n) is 6.57. The van der Waals surface area contributed by atoms with E-state index in [1.54, 1.807) is 6.20 Å². The Hall–Kier alpha value is -1.70. The number of aromatic amines is 1. The Kier molecular flexibility index (Phi) is 3.09. The molecule has 3 nitrogen and oxygen atoms in total. The SMILES string of the molecule is C[C@@H]1CC[C@@H](C2=[C+]C=C(c3ccn[nH]3)C=C2)NC1. The summed E-state index contributed by atoms with van der Waals surface area (Å²) in [5.41, 5.74) is 3.45. The average molecular weight is 240 g/mol. The fourth-order valence-corrected chi connectivity index (χ4v) is 2.50. The summed E-state index contributed by atoms with van der Waals surface area (Å²) in [6.45, 7) is 3.41. The van der Waals surface area contributed by atoms with Crippen LogP contribution in [0.25, 0.3) is 5.57 Å². The minimum absolute atomic E-state index is 0.469. The van der Waals surface area contributed by atoms with Crippen molar-refractivity contribution in [3.05, 3.63) is 47.8 Å². The monoisotopic (exact) mass is 240 g/mol. The van der Waals surface area contributed by atoms with Crippen LogP contribution in [0.4, 0.5) is 0 Å². The molecule has 0 radical (unpaired) electrons. The molecule has 0 spiro atoms. The van der Waals surface area contributed by atoms with Crippen molar-refractivity contribution >= 4 is 5.57 Å². The van der Waals surface area contributed by atoms with Gasteiger partial charge in [-0.05, 0) is 31.4 Å². The predicted molar refractivity (Wildman–Crippen MR) is 72.6 cm³/mol. The number of H-pyrrole nitrogens is 1. The van der Waals surface area contributed by atoms with Crippen LogP contribution in [-0.4, -0.2) is 22.8 Å². The third-order valence-electron chi connectivity index (χ3n) is 3.68. The van der Waals surface area contributed by atoms with E-state index < -0.39 is 0 Å². The average Bonchev–Trinajstić information content (AvgIpc) is 2.94. The number of nitrogens with one attached hydrogen (secondary N) is 2. The second-order valence-corrected chi connectivity index (χ2v) is 5.15. The number of aromatic nitrogens is 2. The van der Waals surface area contributed by atoms with Crippen molar-refractivity contribution in [3.8, 4) is 0 Å². The van der Waals surface area contributed by atoms with Crippen LogP contribution in [-0.2, 0) is 0 Å². The number of piperidine rings is 1. The number of hydrogen-bond donors (Lipinski definition) is 2. The van der Waals surface area contributed by atoms with Gasteiger partial charge in [0.05, 0.1) is 24.4 Å². The first kappa shape index (κ1) is 11.4. The van der Waals surface area contributed by atoms with Crippen molar-refractivity contribution in [3.63, 3.8) is 0 Å². The quantitative estimate of drug-likeness (QED) is 0.780. The van der Waals surface area contributed by atoms with Gasteiger partial charge in [0.25, 0.3) is 0 Å². The van der Waals surface area contributed by atoms with Gasteiger partial charge in [-0.3, -0.25) is 5.10 Å². The minimum atomic E-state index is 0.469. The molecule has 1 aromatic rings. The summed E-state index contributed by atoms with van der Waals surface area (Å²) in [5.74, 6) is 0.797. The van der Waals surface area contributed by atoms with E-state index in [-0.39, 0.29) is 0 Å². The van der Waals surface area contributed by atoms with E-state index in [1.165, 1.54) is 18.4 Å². The lowest BCUT2D eigenvalue weighted by atomic mass is 9.89. The van der Waals surface area contributed by atoms with Gasteiger partial charge in [-0.25, -0.2) is 0 Å². The Balaban J connectivity index is 1.72. The van der Waals surface area contributed by atoms with Crippen molar-refractivity contribution in [2.45, 2.75) is 25.8 Å². The van der Waals surface area contributed by atoms with E-state index in [2.05, 4.69) is 40.7 Å². The molecule has 1 saturated heterocycles. The topological polar surface area (TPSA) is 40.7 Å². The van der Waals surface area contributed by atoms with E-state index in [9.17, 15) is 0 Å². The van der Waals surface area contributed by atoms with Gasteiger partial charge < -0.3 is 5.32 Å². The summed E-state index contributed by atoms with van der Waals surface area (Å²) in [4.78, 5) is 0. The van der Waals surface area contributed by atoms with Crippen molar-refractivity contribution in [1.29, 1.82) is 0 Å². The summed E-state index contributed by atoms with van der Waals surface area (Å²) in [7, 11) is 0. The van der Waals surface area contributed by atoms with E-state index in [0.717, 1.165) is 23.7 Å². The van der Waals surface area contributed by atoms with Crippen LogP contribution in [0.2, 0.25) is 0 Å². The maximum Gasteiger partial charge on any atom is 0.132 e. The van der Waals surface area contributed by atoms with Crippen LogP contribution in [0.1, 0.15) is 25.5 Å². The zero-order valence-corrected chi connectivity index (χ0v) is 10.6. The third-order valence-corrected chi connectivity index (χ3v) is 3.68. The molecule has 1 aromatic heterocycles. The van der Waals surface area contributed by atoms with Crippen LogP contribution in [0.5, 0.6) is 0 Å². The predicted octanol–water partition coefficient (Wildman–Crippen LogP) is 2.48. The van der Waals surface area contributed by atoms with E-state index >= 15 is 0 Å². The van der Waals surface area contributed by atoms with Gasteiger partial charge in [0, 0.05) is 6.08 Å². The van der Waals surface area contributed by atoms with Gasteiger partial charge in [0.1, 0.15) is 22.9 Å². The lowest BCUT2D eigenvalue weighted by molar-refractivity contribution is 0.355. The molecule has 0 aromatic carbocycles. The van der Waals surface area contributed by atoms with Crippen LogP contribution in [0, 0.1) is 12.0 Å². The fraction of sp³-hybridized carbons (Fsp3) is 0.400. The lowest BCUT2D eigenvalue weighted by Crippen LogP contribution is -2.39.